The van der Waals surface area contributed by atoms with E-state index in [1.807, 2.05) is 18.2 Å². The quantitative estimate of drug-likeness (QED) is 0.631. The largest absolute Gasteiger partial charge is 0.504 e. The van der Waals surface area contributed by atoms with Gasteiger partial charge in [-0.1, -0.05) is 42.0 Å². The van der Waals surface area contributed by atoms with Crippen LogP contribution in [0.1, 0.15) is 36.0 Å². The first-order valence-electron chi connectivity index (χ1n) is 12.4. The molecule has 7 rings (SSSR count). The van der Waals surface area contributed by atoms with Gasteiger partial charge >= 0.3 is 0 Å². The summed E-state index contributed by atoms with van der Waals surface area (Å²) in [6.07, 6.45) is 9.53. The van der Waals surface area contributed by atoms with Gasteiger partial charge in [0.15, 0.2) is 11.5 Å². The smallest absolute Gasteiger partial charge is 0.165 e. The average molecular weight is 482 g/mol. The SMILES string of the molecule is COC1C=CC2C3Cc4ccc(O)c5c4C2(CCN3CC2CC2)[C@H]1O5.OCc1cccc(Cl)c1. The maximum atomic E-state index is 10.4. The molecule has 180 valence electrons. The zero-order valence-electron chi connectivity index (χ0n) is 19.5. The van der Waals surface area contributed by atoms with Gasteiger partial charge in [-0.05, 0) is 67.5 Å². The molecule has 5 nitrogen and oxygen atoms in total. The first-order chi connectivity index (χ1) is 16.5. The van der Waals surface area contributed by atoms with Crippen molar-refractivity contribution in [1.29, 1.82) is 0 Å². The number of aromatic hydroxyl groups is 1. The minimum Gasteiger partial charge on any atom is -0.504 e. The maximum absolute atomic E-state index is 10.4. The van der Waals surface area contributed by atoms with Crippen molar-refractivity contribution in [3.8, 4) is 11.5 Å². The van der Waals surface area contributed by atoms with Crippen LogP contribution in [0.3, 0.4) is 0 Å². The van der Waals surface area contributed by atoms with E-state index in [1.165, 1.54) is 30.5 Å². The summed E-state index contributed by atoms with van der Waals surface area (Å²) in [5.74, 6) is 2.40. The monoisotopic (exact) mass is 481 g/mol. The Morgan fingerprint density at radius 3 is 2.76 bits per heavy atom. The Morgan fingerprint density at radius 1 is 1.21 bits per heavy atom. The lowest BCUT2D eigenvalue weighted by Gasteiger charge is -2.57. The zero-order chi connectivity index (χ0) is 23.4. The Balaban J connectivity index is 0.000000206. The van der Waals surface area contributed by atoms with Crippen molar-refractivity contribution < 1.29 is 19.7 Å². The number of likely N-dealkylation sites (tertiary alicyclic amines) is 1. The van der Waals surface area contributed by atoms with Gasteiger partial charge in [0.2, 0.25) is 0 Å². The van der Waals surface area contributed by atoms with Crippen molar-refractivity contribution in [1.82, 2.24) is 4.90 Å². The summed E-state index contributed by atoms with van der Waals surface area (Å²) < 4.78 is 12.2. The summed E-state index contributed by atoms with van der Waals surface area (Å²) in [5, 5.41) is 19.7. The van der Waals surface area contributed by atoms with E-state index in [0.29, 0.717) is 17.0 Å². The van der Waals surface area contributed by atoms with Crippen LogP contribution in [0, 0.1) is 11.8 Å². The first kappa shape index (κ1) is 22.4. The van der Waals surface area contributed by atoms with Gasteiger partial charge in [-0.15, -0.1) is 0 Å². The Kier molecular flexibility index (Phi) is 5.64. The number of benzene rings is 2. The molecule has 1 spiro atoms. The third-order valence-electron chi connectivity index (χ3n) is 8.50. The topological polar surface area (TPSA) is 62.2 Å². The maximum Gasteiger partial charge on any atom is 0.165 e. The number of piperidine rings is 1. The summed E-state index contributed by atoms with van der Waals surface area (Å²) >= 11 is 5.61. The minimum atomic E-state index is -0.0374. The Labute approximate surface area is 205 Å². The van der Waals surface area contributed by atoms with E-state index in [0.717, 1.165) is 36.6 Å². The number of aliphatic hydroxyl groups excluding tert-OH is 1. The molecule has 34 heavy (non-hydrogen) atoms. The molecule has 2 heterocycles. The summed E-state index contributed by atoms with van der Waals surface area (Å²) in [6.45, 7) is 2.45. The summed E-state index contributed by atoms with van der Waals surface area (Å²) in [6, 6.07) is 11.7. The molecular weight excluding hydrogens is 450 g/mol. The van der Waals surface area contributed by atoms with Crippen LogP contribution in [0.4, 0.5) is 0 Å². The number of methoxy groups -OCH3 is 1. The number of hydrogen-bond acceptors (Lipinski definition) is 5. The molecule has 1 saturated carbocycles. The van der Waals surface area contributed by atoms with Crippen LogP contribution in [0.2, 0.25) is 5.02 Å². The summed E-state index contributed by atoms with van der Waals surface area (Å²) in [7, 11) is 1.77. The normalized spacial score (nSPS) is 32.4. The van der Waals surface area contributed by atoms with E-state index in [1.54, 1.807) is 19.2 Å². The number of nitrogens with zero attached hydrogens (tertiary/aromatic N) is 1. The molecule has 2 fully saturated rings. The van der Waals surface area contributed by atoms with Gasteiger partial charge in [0.25, 0.3) is 0 Å². The van der Waals surface area contributed by atoms with Crippen molar-refractivity contribution >= 4 is 11.6 Å². The molecule has 2 aromatic carbocycles. The molecule has 2 aromatic rings. The summed E-state index contributed by atoms with van der Waals surface area (Å²) in [4.78, 5) is 2.75. The Morgan fingerprint density at radius 2 is 2.06 bits per heavy atom. The van der Waals surface area contributed by atoms with Gasteiger partial charge in [-0.2, -0.15) is 0 Å². The van der Waals surface area contributed by atoms with Crippen LogP contribution in [0.5, 0.6) is 11.5 Å². The second kappa shape index (κ2) is 8.56. The van der Waals surface area contributed by atoms with Crippen molar-refractivity contribution in [2.75, 3.05) is 20.2 Å². The summed E-state index contributed by atoms with van der Waals surface area (Å²) in [5.41, 5.74) is 3.49. The number of halogens is 1. The molecule has 5 atom stereocenters. The molecule has 2 N–H and O–H groups in total. The number of rotatable bonds is 4. The van der Waals surface area contributed by atoms with Crippen molar-refractivity contribution in [3.63, 3.8) is 0 Å². The zero-order valence-corrected chi connectivity index (χ0v) is 20.2. The fraction of sp³-hybridized carbons (Fsp3) is 0.500. The second-order valence-corrected chi connectivity index (χ2v) is 10.8. The third-order valence-corrected chi connectivity index (χ3v) is 8.74. The van der Waals surface area contributed by atoms with Crippen LogP contribution >= 0.6 is 11.6 Å². The van der Waals surface area contributed by atoms with Crippen LogP contribution in [0.15, 0.2) is 48.6 Å². The van der Waals surface area contributed by atoms with Gasteiger partial charge in [-0.3, -0.25) is 4.90 Å². The highest BCUT2D eigenvalue weighted by Crippen LogP contribution is 2.62. The molecule has 0 radical (unpaired) electrons. The van der Waals surface area contributed by atoms with E-state index in [9.17, 15) is 5.11 Å². The molecule has 6 heteroatoms. The Bertz CT molecular complexity index is 1120. The highest BCUT2D eigenvalue weighted by molar-refractivity contribution is 6.30. The van der Waals surface area contributed by atoms with Crippen LogP contribution in [-0.2, 0) is 23.2 Å². The van der Waals surface area contributed by atoms with Crippen LogP contribution in [0.25, 0.3) is 0 Å². The fourth-order valence-corrected chi connectivity index (χ4v) is 7.02. The number of ether oxygens (including phenoxy) is 2. The van der Waals surface area contributed by atoms with E-state index in [2.05, 4.69) is 23.1 Å². The van der Waals surface area contributed by atoms with Gasteiger partial charge in [0, 0.05) is 41.6 Å². The Hall–Kier alpha value is -2.05. The molecule has 2 aliphatic heterocycles. The number of aliphatic hydroxyl groups is 1. The molecule has 5 aliphatic rings. The minimum absolute atomic E-state index is 0.0135. The number of hydrogen-bond donors (Lipinski definition) is 2. The highest BCUT2D eigenvalue weighted by Gasteiger charge is 2.64. The molecule has 1 saturated heterocycles. The molecule has 2 bridgehead atoms. The van der Waals surface area contributed by atoms with E-state index < -0.39 is 0 Å². The molecular formula is C28H32ClNO4. The standard InChI is InChI=1S/C21H25NO3.C7H7ClO/c1-24-17-7-5-14-15-10-13-4-6-16(23)19-18(13)21(14,20(17)25-19)8-9-22(15)11-12-2-3-12;8-7-3-1-2-6(4-7)5-9/h4-7,12,14-15,17,20,23H,2-3,8-11H2,1H3;1-4,9H,5H2/t14?,15?,17?,20-,21?;/m0./s1. The lowest BCUT2D eigenvalue weighted by molar-refractivity contribution is -0.0640. The molecule has 0 aromatic heterocycles. The van der Waals surface area contributed by atoms with Crippen molar-refractivity contribution in [2.45, 2.75) is 56.0 Å². The molecule has 3 aliphatic carbocycles. The number of phenolic OH excluding ortho intramolecular Hbond substituents is 1. The van der Waals surface area contributed by atoms with Crippen molar-refractivity contribution in [2.24, 2.45) is 11.8 Å². The van der Waals surface area contributed by atoms with Gasteiger partial charge in [0.1, 0.15) is 12.2 Å². The fourth-order valence-electron chi connectivity index (χ4n) is 6.81. The predicted octanol–water partition coefficient (Wildman–Crippen LogP) is 4.46. The van der Waals surface area contributed by atoms with E-state index >= 15 is 0 Å². The van der Waals surface area contributed by atoms with Gasteiger partial charge in [0.05, 0.1) is 6.61 Å². The second-order valence-electron chi connectivity index (χ2n) is 10.4. The number of phenols is 1. The lowest BCUT2D eigenvalue weighted by atomic mass is 9.53. The molecule has 4 unspecified atom stereocenters. The van der Waals surface area contributed by atoms with Crippen molar-refractivity contribution in [3.05, 3.63) is 70.3 Å². The van der Waals surface area contributed by atoms with E-state index in [-0.39, 0.29) is 30.0 Å². The van der Waals surface area contributed by atoms with Crippen LogP contribution < -0.4 is 4.74 Å². The predicted molar refractivity (Wildman–Crippen MR) is 131 cm³/mol. The van der Waals surface area contributed by atoms with E-state index in [4.69, 9.17) is 26.2 Å². The third kappa shape index (κ3) is 3.48. The van der Waals surface area contributed by atoms with Gasteiger partial charge < -0.3 is 19.7 Å². The lowest BCUT2D eigenvalue weighted by Crippen LogP contribution is -2.65. The van der Waals surface area contributed by atoms with Crippen LogP contribution in [-0.4, -0.2) is 53.6 Å². The molecule has 0 amide bonds. The highest BCUT2D eigenvalue weighted by atomic mass is 35.5. The average Bonchev–Trinajstić information content (AvgIpc) is 3.60. The van der Waals surface area contributed by atoms with Gasteiger partial charge in [-0.25, -0.2) is 0 Å². The first-order valence-corrected chi connectivity index (χ1v) is 12.8.